The van der Waals surface area contributed by atoms with Crippen LogP contribution in [0.1, 0.15) is 17.7 Å². The smallest absolute Gasteiger partial charge is 0.103 e. The molecule has 0 aliphatic rings. The van der Waals surface area contributed by atoms with Gasteiger partial charge in [-0.3, -0.25) is 4.39 Å². The molecule has 0 fully saturated rings. The van der Waals surface area contributed by atoms with E-state index in [1.165, 1.54) is 4.80 Å². The van der Waals surface area contributed by atoms with Crippen molar-refractivity contribution in [3.05, 3.63) is 41.7 Å². The summed E-state index contributed by atoms with van der Waals surface area (Å²) in [5.74, 6) is 0. The Hall–Kier alpha value is -2.22. The SMILES string of the molecule is N#Cc1ccccc1-n1ncc(CCCF)n1. The van der Waals surface area contributed by atoms with E-state index in [-0.39, 0.29) is 6.67 Å². The van der Waals surface area contributed by atoms with Crippen LogP contribution in [0, 0.1) is 11.3 Å². The Morgan fingerprint density at radius 2 is 2.18 bits per heavy atom. The van der Waals surface area contributed by atoms with E-state index in [1.54, 1.807) is 24.4 Å². The first-order valence-corrected chi connectivity index (χ1v) is 5.32. The maximum atomic E-state index is 12.0. The normalized spacial score (nSPS) is 10.1. The van der Waals surface area contributed by atoms with Crippen LogP contribution in [0.5, 0.6) is 0 Å². The zero-order valence-corrected chi connectivity index (χ0v) is 9.17. The van der Waals surface area contributed by atoms with Gasteiger partial charge in [0.15, 0.2) is 0 Å². The molecule has 1 heterocycles. The third-order valence-electron chi connectivity index (χ3n) is 2.35. The van der Waals surface area contributed by atoms with Gasteiger partial charge in [-0.15, -0.1) is 0 Å². The van der Waals surface area contributed by atoms with Gasteiger partial charge in [-0.2, -0.15) is 20.3 Å². The van der Waals surface area contributed by atoms with Gasteiger partial charge >= 0.3 is 0 Å². The van der Waals surface area contributed by atoms with Crippen LogP contribution in [-0.2, 0) is 6.42 Å². The Morgan fingerprint density at radius 1 is 1.35 bits per heavy atom. The largest absolute Gasteiger partial charge is 0.251 e. The molecule has 0 unspecified atom stereocenters. The number of halogens is 1. The van der Waals surface area contributed by atoms with Crippen molar-refractivity contribution >= 4 is 0 Å². The van der Waals surface area contributed by atoms with Crippen molar-refractivity contribution in [2.24, 2.45) is 0 Å². The molecule has 5 heteroatoms. The molecule has 2 rings (SSSR count). The number of hydrogen-bond donors (Lipinski definition) is 0. The maximum absolute atomic E-state index is 12.0. The molecule has 4 nitrogen and oxygen atoms in total. The van der Waals surface area contributed by atoms with Crippen LogP contribution in [0.25, 0.3) is 5.69 Å². The summed E-state index contributed by atoms with van der Waals surface area (Å²) in [7, 11) is 0. The topological polar surface area (TPSA) is 54.5 Å². The molecule has 0 amide bonds. The van der Waals surface area contributed by atoms with Gasteiger partial charge in [-0.25, -0.2) is 0 Å². The van der Waals surface area contributed by atoms with E-state index < -0.39 is 0 Å². The Bertz CT molecular complexity index is 541. The lowest BCUT2D eigenvalue weighted by atomic mass is 10.2. The predicted octanol–water partition coefficient (Wildman–Crippen LogP) is 2.04. The van der Waals surface area contributed by atoms with Gasteiger partial charge in [0.2, 0.25) is 0 Å². The lowest BCUT2D eigenvalue weighted by Gasteiger charge is -2.00. The van der Waals surface area contributed by atoms with Crippen molar-refractivity contribution in [2.75, 3.05) is 6.67 Å². The average molecular weight is 230 g/mol. The molecule has 0 N–H and O–H groups in total. The van der Waals surface area contributed by atoms with Crippen LogP contribution in [0.4, 0.5) is 4.39 Å². The molecule has 0 spiro atoms. The van der Waals surface area contributed by atoms with Crippen molar-refractivity contribution in [1.29, 1.82) is 5.26 Å². The molecule has 0 bridgehead atoms. The number of alkyl halides is 1. The number of aryl methyl sites for hydroxylation is 1. The molecular weight excluding hydrogens is 219 g/mol. The Morgan fingerprint density at radius 3 is 2.94 bits per heavy atom. The number of nitriles is 1. The second-order valence-electron chi connectivity index (χ2n) is 3.55. The minimum absolute atomic E-state index is 0.359. The molecule has 86 valence electrons. The summed E-state index contributed by atoms with van der Waals surface area (Å²) in [6, 6.07) is 9.18. The van der Waals surface area contributed by atoms with Gasteiger partial charge in [0.05, 0.1) is 24.1 Å². The molecule has 17 heavy (non-hydrogen) atoms. The highest BCUT2D eigenvalue weighted by molar-refractivity contribution is 5.47. The van der Waals surface area contributed by atoms with Crippen LogP contribution in [0.2, 0.25) is 0 Å². The maximum Gasteiger partial charge on any atom is 0.103 e. The molecule has 0 radical (unpaired) electrons. The fraction of sp³-hybridized carbons (Fsp3) is 0.250. The second kappa shape index (κ2) is 5.21. The number of hydrogen-bond acceptors (Lipinski definition) is 3. The minimum Gasteiger partial charge on any atom is -0.251 e. The molecule has 0 saturated carbocycles. The van der Waals surface area contributed by atoms with Crippen LogP contribution in [0.3, 0.4) is 0 Å². The summed E-state index contributed by atoms with van der Waals surface area (Å²) in [5, 5.41) is 17.3. The van der Waals surface area contributed by atoms with E-state index in [4.69, 9.17) is 5.26 Å². The lowest BCUT2D eigenvalue weighted by Crippen LogP contribution is -2.02. The van der Waals surface area contributed by atoms with Gasteiger partial charge in [-0.1, -0.05) is 12.1 Å². The van der Waals surface area contributed by atoms with Crippen molar-refractivity contribution in [3.8, 4) is 11.8 Å². The van der Waals surface area contributed by atoms with E-state index >= 15 is 0 Å². The first kappa shape index (κ1) is 11.3. The van der Waals surface area contributed by atoms with Crippen LogP contribution >= 0.6 is 0 Å². The molecule has 1 aromatic heterocycles. The van der Waals surface area contributed by atoms with Crippen LogP contribution in [0.15, 0.2) is 30.5 Å². The monoisotopic (exact) mass is 230 g/mol. The number of nitrogens with zero attached hydrogens (tertiary/aromatic N) is 4. The first-order valence-electron chi connectivity index (χ1n) is 5.32. The summed E-state index contributed by atoms with van der Waals surface area (Å²) in [6.07, 6.45) is 2.60. The van der Waals surface area contributed by atoms with E-state index in [1.807, 2.05) is 6.07 Å². The van der Waals surface area contributed by atoms with E-state index in [0.717, 1.165) is 5.69 Å². The zero-order valence-electron chi connectivity index (χ0n) is 9.17. The molecule has 0 atom stereocenters. The highest BCUT2D eigenvalue weighted by Crippen LogP contribution is 2.11. The molecule has 0 saturated heterocycles. The van der Waals surface area contributed by atoms with Gasteiger partial charge < -0.3 is 0 Å². The van der Waals surface area contributed by atoms with Crippen LogP contribution < -0.4 is 0 Å². The first-order chi connectivity index (χ1) is 8.35. The standard InChI is InChI=1S/C12H11FN4/c13-7-3-5-11-9-15-17(16-11)12-6-2-1-4-10(12)8-14/h1-2,4,6,9H,3,5,7H2. The van der Waals surface area contributed by atoms with E-state index in [2.05, 4.69) is 16.3 Å². The zero-order chi connectivity index (χ0) is 12.1. The minimum atomic E-state index is -0.359. The summed E-state index contributed by atoms with van der Waals surface area (Å²) >= 11 is 0. The fourth-order valence-corrected chi connectivity index (χ4v) is 1.52. The van der Waals surface area contributed by atoms with Gasteiger partial charge in [0, 0.05) is 0 Å². The highest BCUT2D eigenvalue weighted by atomic mass is 19.1. The Balaban J connectivity index is 2.28. The predicted molar refractivity (Wildman–Crippen MR) is 60.4 cm³/mol. The van der Waals surface area contributed by atoms with Gasteiger partial charge in [0.1, 0.15) is 11.8 Å². The molecule has 0 aliphatic heterocycles. The number of benzene rings is 1. The van der Waals surface area contributed by atoms with Crippen molar-refractivity contribution in [2.45, 2.75) is 12.8 Å². The van der Waals surface area contributed by atoms with E-state index in [9.17, 15) is 4.39 Å². The van der Waals surface area contributed by atoms with Gasteiger partial charge in [0.25, 0.3) is 0 Å². The van der Waals surface area contributed by atoms with Crippen molar-refractivity contribution in [1.82, 2.24) is 15.0 Å². The number of aromatic nitrogens is 3. The van der Waals surface area contributed by atoms with E-state index in [0.29, 0.717) is 24.1 Å². The average Bonchev–Trinajstić information content (AvgIpc) is 2.85. The quantitative estimate of drug-likeness (QED) is 0.807. The molecular formula is C12H11FN4. The molecule has 0 aliphatic carbocycles. The lowest BCUT2D eigenvalue weighted by molar-refractivity contribution is 0.471. The number of rotatable bonds is 4. The third-order valence-corrected chi connectivity index (χ3v) is 2.35. The summed E-state index contributed by atoms with van der Waals surface area (Å²) in [5.41, 5.74) is 1.89. The summed E-state index contributed by atoms with van der Waals surface area (Å²) in [6.45, 7) is -0.359. The molecule has 1 aromatic carbocycles. The fourth-order valence-electron chi connectivity index (χ4n) is 1.52. The van der Waals surface area contributed by atoms with Crippen molar-refractivity contribution < 1.29 is 4.39 Å². The second-order valence-corrected chi connectivity index (χ2v) is 3.55. The third kappa shape index (κ3) is 2.48. The summed E-state index contributed by atoms with van der Waals surface area (Å²) < 4.78 is 12.0. The van der Waals surface area contributed by atoms with Crippen LogP contribution in [-0.4, -0.2) is 21.7 Å². The summed E-state index contributed by atoms with van der Waals surface area (Å²) in [4.78, 5) is 1.41. The Kier molecular flexibility index (Phi) is 3.46. The van der Waals surface area contributed by atoms with Crippen molar-refractivity contribution in [3.63, 3.8) is 0 Å². The highest BCUT2D eigenvalue weighted by Gasteiger charge is 2.06. The number of para-hydroxylation sites is 1. The van der Waals surface area contributed by atoms with Gasteiger partial charge in [-0.05, 0) is 25.0 Å². The molecule has 2 aromatic rings. The Labute approximate surface area is 98.3 Å².